The van der Waals surface area contributed by atoms with Gasteiger partial charge in [0.25, 0.3) is 11.8 Å². The minimum Gasteiger partial charge on any atom is -0.399 e. The van der Waals surface area contributed by atoms with Gasteiger partial charge in [-0.15, -0.1) is 0 Å². The molecule has 0 aliphatic carbocycles. The van der Waals surface area contributed by atoms with Crippen molar-refractivity contribution in [1.29, 1.82) is 0 Å². The van der Waals surface area contributed by atoms with E-state index >= 15 is 0 Å². The molecule has 4 aromatic carbocycles. The van der Waals surface area contributed by atoms with Crippen LogP contribution in [0.15, 0.2) is 103 Å². The summed E-state index contributed by atoms with van der Waals surface area (Å²) in [6.45, 7) is 6.77. The van der Waals surface area contributed by atoms with Crippen LogP contribution in [0.25, 0.3) is 0 Å². The maximum absolute atomic E-state index is 13.8. The Labute approximate surface area is 302 Å². The summed E-state index contributed by atoms with van der Waals surface area (Å²) in [4.78, 5) is 40.2. The molecule has 0 bridgehead atoms. The van der Waals surface area contributed by atoms with Gasteiger partial charge in [0.15, 0.2) is 0 Å². The molecular weight excluding hydrogens is 665 g/mol. The summed E-state index contributed by atoms with van der Waals surface area (Å²) in [6.07, 6.45) is 2.02. The fraction of sp³-hybridized carbons (Fsp3) is 0.308. The summed E-state index contributed by atoms with van der Waals surface area (Å²) in [7, 11) is -2.33. The molecule has 3 amide bonds. The van der Waals surface area contributed by atoms with Crippen LogP contribution in [0, 0.1) is 0 Å². The van der Waals surface area contributed by atoms with Gasteiger partial charge in [0.1, 0.15) is 0 Å². The average molecular weight is 715 g/mol. The number of nitrogen functional groups attached to an aromatic ring is 1. The van der Waals surface area contributed by atoms with E-state index in [1.165, 1.54) is 25.2 Å². The predicted octanol–water partition coefficient (Wildman–Crippen LogP) is 4.65. The maximum Gasteiger partial charge on any atom is 0.251 e. The van der Waals surface area contributed by atoms with E-state index in [4.69, 9.17) is 5.73 Å². The lowest BCUT2D eigenvalue weighted by Gasteiger charge is -2.24. The molecule has 0 aromatic heterocycles. The Kier molecular flexibility index (Phi) is 15.7. The summed E-state index contributed by atoms with van der Waals surface area (Å²) in [6, 6.07) is 29.6. The molecule has 0 spiro atoms. The highest BCUT2D eigenvalue weighted by Gasteiger charge is 2.23. The second kappa shape index (κ2) is 19.9. The van der Waals surface area contributed by atoms with Crippen molar-refractivity contribution in [3.8, 4) is 0 Å². The number of carbonyl (C=O) groups excluding carboxylic acids is 3. The van der Waals surface area contributed by atoms with Crippen molar-refractivity contribution in [2.75, 3.05) is 29.9 Å². The quantitative estimate of drug-likeness (QED) is 0.106. The van der Waals surface area contributed by atoms with Gasteiger partial charge in [-0.1, -0.05) is 93.6 Å². The fourth-order valence-electron chi connectivity index (χ4n) is 5.12. The third-order valence-electron chi connectivity index (χ3n) is 8.04. The van der Waals surface area contributed by atoms with Crippen molar-refractivity contribution in [2.24, 2.45) is 0 Å². The zero-order valence-electron chi connectivity index (χ0n) is 30.0. The van der Waals surface area contributed by atoms with Gasteiger partial charge in [-0.2, -0.15) is 0 Å². The van der Waals surface area contributed by atoms with Crippen molar-refractivity contribution in [1.82, 2.24) is 21.3 Å². The molecule has 0 aliphatic rings. The summed E-state index contributed by atoms with van der Waals surface area (Å²) < 4.78 is 25.9. The van der Waals surface area contributed by atoms with Crippen LogP contribution < -0.4 is 31.3 Å². The Morgan fingerprint density at radius 1 is 0.745 bits per heavy atom. The zero-order chi connectivity index (χ0) is 37.4. The number of nitrogens with one attached hydrogen (secondary N) is 4. The number of hydrogen-bond acceptors (Lipinski definition) is 7. The van der Waals surface area contributed by atoms with Gasteiger partial charge in [-0.25, -0.2) is 8.42 Å². The van der Waals surface area contributed by atoms with Crippen molar-refractivity contribution in [3.05, 3.63) is 131 Å². The Morgan fingerprint density at radius 3 is 1.84 bits per heavy atom. The predicted molar refractivity (Wildman–Crippen MR) is 205 cm³/mol. The summed E-state index contributed by atoms with van der Waals surface area (Å²) in [5.74, 6) is -1.13. The number of sulfonamides is 1. The summed E-state index contributed by atoms with van der Waals surface area (Å²) >= 11 is 0. The van der Waals surface area contributed by atoms with Gasteiger partial charge < -0.3 is 27.0 Å². The van der Waals surface area contributed by atoms with Crippen LogP contribution in [0.4, 0.5) is 11.4 Å². The van der Waals surface area contributed by atoms with Crippen LogP contribution in [-0.4, -0.2) is 58.1 Å². The van der Waals surface area contributed by atoms with Gasteiger partial charge in [-0.3, -0.25) is 18.7 Å². The second-order valence-corrected chi connectivity index (χ2v) is 13.9. The number of amides is 3. The van der Waals surface area contributed by atoms with E-state index in [9.17, 15) is 22.8 Å². The molecule has 6 N–H and O–H groups in total. The fourth-order valence-corrected chi connectivity index (χ4v) is 5.61. The van der Waals surface area contributed by atoms with Crippen LogP contribution in [0.5, 0.6) is 0 Å². The van der Waals surface area contributed by atoms with Gasteiger partial charge in [0.2, 0.25) is 15.9 Å². The topological polar surface area (TPSA) is 163 Å². The van der Waals surface area contributed by atoms with Gasteiger partial charge in [0, 0.05) is 49.5 Å². The number of carbonyl (C=O) groups is 3. The van der Waals surface area contributed by atoms with E-state index in [2.05, 4.69) is 21.3 Å². The van der Waals surface area contributed by atoms with Crippen LogP contribution in [0.2, 0.25) is 0 Å². The first-order valence-electron chi connectivity index (χ1n) is 17.0. The SMILES string of the molecule is CC.CCC(NC[C@H](Cc1ccccc1)NC(=O)c1cc(C(=O)NCc2ccccc2)cc(N(C)S(C)(=O)=O)c1)C(=O)NCc1ccc(N)cc1. The van der Waals surface area contributed by atoms with Crippen LogP contribution >= 0.6 is 0 Å². The van der Waals surface area contributed by atoms with E-state index in [1.54, 1.807) is 12.1 Å². The molecule has 51 heavy (non-hydrogen) atoms. The molecule has 0 saturated carbocycles. The molecule has 272 valence electrons. The standard InChI is InChI=1S/C37H44N6O5S.C2H6/c1-4-34(37(46)41-24-28-15-17-31(38)18-16-28)39-25-32(19-26-11-7-5-8-12-26)42-36(45)30-20-29(21-33(22-30)43(2)49(3,47)48)35(44)40-23-27-13-9-6-10-14-27;1-2/h5-18,20-22,32,34,39H,4,19,23-25,38H2,1-3H3,(H,40,44)(H,41,46)(H,42,45);1-2H3/t32-,34?;/m0./s1. The monoisotopic (exact) mass is 714 g/mol. The van der Waals surface area contributed by atoms with Crippen molar-refractivity contribution in [2.45, 2.75) is 58.8 Å². The lowest BCUT2D eigenvalue weighted by Crippen LogP contribution is -2.50. The van der Waals surface area contributed by atoms with Gasteiger partial charge in [0.05, 0.1) is 18.0 Å². The normalized spacial score (nSPS) is 12.0. The van der Waals surface area contributed by atoms with Crippen molar-refractivity contribution in [3.63, 3.8) is 0 Å². The van der Waals surface area contributed by atoms with Crippen LogP contribution in [-0.2, 0) is 34.3 Å². The smallest absolute Gasteiger partial charge is 0.251 e. The number of anilines is 2. The third kappa shape index (κ3) is 12.9. The molecule has 1 unspecified atom stereocenters. The molecule has 0 saturated heterocycles. The Balaban J connectivity index is 0.00000345. The summed E-state index contributed by atoms with van der Waals surface area (Å²) in [5, 5.41) is 12.1. The van der Waals surface area contributed by atoms with Crippen LogP contribution in [0.3, 0.4) is 0 Å². The molecule has 0 radical (unpaired) electrons. The lowest BCUT2D eigenvalue weighted by molar-refractivity contribution is -0.123. The average Bonchev–Trinajstić information content (AvgIpc) is 3.14. The van der Waals surface area contributed by atoms with E-state index < -0.39 is 33.9 Å². The zero-order valence-corrected chi connectivity index (χ0v) is 30.8. The molecule has 11 nitrogen and oxygen atoms in total. The van der Waals surface area contributed by atoms with E-state index in [0.29, 0.717) is 25.1 Å². The lowest BCUT2D eigenvalue weighted by atomic mass is 10.0. The highest BCUT2D eigenvalue weighted by atomic mass is 32.2. The number of hydrogen-bond donors (Lipinski definition) is 5. The number of rotatable bonds is 16. The van der Waals surface area contributed by atoms with Crippen LogP contribution in [0.1, 0.15) is 64.6 Å². The molecule has 0 heterocycles. The Bertz CT molecular complexity index is 1820. The van der Waals surface area contributed by atoms with E-state index in [-0.39, 0.29) is 35.8 Å². The maximum atomic E-state index is 13.8. The van der Waals surface area contributed by atoms with Gasteiger partial charge >= 0.3 is 0 Å². The highest BCUT2D eigenvalue weighted by molar-refractivity contribution is 7.92. The molecule has 0 aliphatic heterocycles. The van der Waals surface area contributed by atoms with Crippen molar-refractivity contribution < 1.29 is 22.8 Å². The van der Waals surface area contributed by atoms with E-state index in [0.717, 1.165) is 27.3 Å². The molecular formula is C39H50N6O5S. The number of benzene rings is 4. The largest absolute Gasteiger partial charge is 0.399 e. The summed E-state index contributed by atoms with van der Waals surface area (Å²) in [5.41, 5.74) is 9.61. The molecule has 4 aromatic rings. The third-order valence-corrected chi connectivity index (χ3v) is 9.25. The second-order valence-electron chi connectivity index (χ2n) is 11.9. The van der Waals surface area contributed by atoms with E-state index in [1.807, 2.05) is 93.6 Å². The first-order valence-corrected chi connectivity index (χ1v) is 18.9. The highest BCUT2D eigenvalue weighted by Crippen LogP contribution is 2.21. The molecule has 4 rings (SSSR count). The molecule has 12 heteroatoms. The Morgan fingerprint density at radius 2 is 1.27 bits per heavy atom. The first-order chi connectivity index (χ1) is 24.4. The molecule has 0 fully saturated rings. The minimum absolute atomic E-state index is 0.115. The van der Waals surface area contributed by atoms with Crippen molar-refractivity contribution >= 4 is 39.1 Å². The Hall–Kier alpha value is -5.20. The first kappa shape index (κ1) is 40.2. The molecule has 2 atom stereocenters. The minimum atomic E-state index is -3.70. The number of nitrogens with two attached hydrogens (primary N) is 1. The number of nitrogens with zero attached hydrogens (tertiary/aromatic N) is 1. The van der Waals surface area contributed by atoms with Gasteiger partial charge in [-0.05, 0) is 59.9 Å².